The maximum Gasteiger partial charge on any atom is 0.0916 e. The van der Waals surface area contributed by atoms with Gasteiger partial charge in [0.25, 0.3) is 0 Å². The Balaban J connectivity index is 2.58. The van der Waals surface area contributed by atoms with Crippen LogP contribution < -0.4 is 0 Å². The molecule has 0 fully saturated rings. The van der Waals surface area contributed by atoms with Crippen molar-refractivity contribution in [3.05, 3.63) is 34.3 Å². The number of aliphatic hydroxyl groups is 1. The lowest BCUT2D eigenvalue weighted by molar-refractivity contribution is 0.107. The maximum atomic E-state index is 10.1. The normalized spacial score (nSPS) is 15.1. The van der Waals surface area contributed by atoms with E-state index in [9.17, 15) is 5.11 Å². The van der Waals surface area contributed by atoms with Gasteiger partial charge in [0.15, 0.2) is 0 Å². The molecular formula is C13H20BrNO. The molecule has 0 radical (unpaired) electrons. The van der Waals surface area contributed by atoms with E-state index in [4.69, 9.17) is 0 Å². The average Bonchev–Trinajstić information content (AvgIpc) is 2.28. The first-order valence-corrected chi connectivity index (χ1v) is 6.47. The Morgan fingerprint density at radius 2 is 1.88 bits per heavy atom. The van der Waals surface area contributed by atoms with Crippen molar-refractivity contribution in [1.29, 1.82) is 0 Å². The molecule has 0 bridgehead atoms. The smallest absolute Gasteiger partial charge is 0.0916 e. The molecular weight excluding hydrogens is 266 g/mol. The Labute approximate surface area is 106 Å². The summed E-state index contributed by atoms with van der Waals surface area (Å²) in [4.78, 5) is 2.19. The van der Waals surface area contributed by atoms with Crippen LogP contribution in [0.1, 0.15) is 31.9 Å². The van der Waals surface area contributed by atoms with Gasteiger partial charge in [-0.25, -0.2) is 0 Å². The molecule has 0 aliphatic heterocycles. The monoisotopic (exact) mass is 285 g/mol. The van der Waals surface area contributed by atoms with Crippen molar-refractivity contribution in [2.45, 2.75) is 32.4 Å². The van der Waals surface area contributed by atoms with Gasteiger partial charge in [0, 0.05) is 17.1 Å². The summed E-state index contributed by atoms with van der Waals surface area (Å²) in [6, 6.07) is 8.34. The predicted molar refractivity (Wildman–Crippen MR) is 71.5 cm³/mol. The third-order valence-electron chi connectivity index (χ3n) is 3.06. The minimum atomic E-state index is -0.410. The van der Waals surface area contributed by atoms with Gasteiger partial charge in [-0.05, 0) is 38.1 Å². The molecule has 0 aliphatic rings. The molecule has 2 unspecified atom stereocenters. The molecule has 1 N–H and O–H groups in total. The number of likely N-dealkylation sites (N-methyl/N-ethyl adjacent to an activating group) is 1. The minimum absolute atomic E-state index is 0.410. The lowest BCUT2D eigenvalue weighted by atomic mass is 10.1. The maximum absolute atomic E-state index is 10.1. The molecule has 0 saturated carbocycles. The second-order valence-corrected chi connectivity index (χ2v) is 5.18. The fourth-order valence-corrected chi connectivity index (χ4v) is 1.82. The van der Waals surface area contributed by atoms with E-state index in [1.54, 1.807) is 0 Å². The summed E-state index contributed by atoms with van der Waals surface area (Å²) in [6.45, 7) is 5.01. The van der Waals surface area contributed by atoms with E-state index in [0.717, 1.165) is 16.5 Å². The van der Waals surface area contributed by atoms with Crippen LogP contribution in [0.25, 0.3) is 0 Å². The van der Waals surface area contributed by atoms with E-state index in [2.05, 4.69) is 41.7 Å². The molecule has 0 aliphatic carbocycles. The minimum Gasteiger partial charge on any atom is -0.387 e. The van der Waals surface area contributed by atoms with Gasteiger partial charge in [0.2, 0.25) is 0 Å². The van der Waals surface area contributed by atoms with Gasteiger partial charge in [0.1, 0.15) is 0 Å². The number of benzene rings is 1. The molecule has 0 saturated heterocycles. The molecule has 1 aromatic rings. The summed E-state index contributed by atoms with van der Waals surface area (Å²) in [5, 5.41) is 10.1. The van der Waals surface area contributed by atoms with E-state index in [0.29, 0.717) is 12.6 Å². The second kappa shape index (κ2) is 6.38. The summed E-state index contributed by atoms with van der Waals surface area (Å²) < 4.78 is 1.04. The van der Waals surface area contributed by atoms with Crippen molar-refractivity contribution in [1.82, 2.24) is 4.90 Å². The zero-order valence-corrected chi connectivity index (χ0v) is 11.7. The van der Waals surface area contributed by atoms with E-state index in [1.165, 1.54) is 0 Å². The van der Waals surface area contributed by atoms with Crippen LogP contribution in [-0.2, 0) is 0 Å². The summed E-state index contributed by atoms with van der Waals surface area (Å²) in [7, 11) is 2.05. The fraction of sp³-hybridized carbons (Fsp3) is 0.538. The van der Waals surface area contributed by atoms with Crippen LogP contribution in [0, 0.1) is 0 Å². The van der Waals surface area contributed by atoms with E-state index < -0.39 is 6.10 Å². The van der Waals surface area contributed by atoms with Gasteiger partial charge in [-0.3, -0.25) is 0 Å². The predicted octanol–water partition coefficient (Wildman–Crippen LogP) is 3.21. The standard InChI is InChI=1S/C13H20BrNO/c1-4-10(2)15(3)9-13(16)11-5-7-12(14)8-6-11/h5-8,10,13,16H,4,9H2,1-3H3. The summed E-state index contributed by atoms with van der Waals surface area (Å²) in [6.07, 6.45) is 0.691. The van der Waals surface area contributed by atoms with E-state index >= 15 is 0 Å². The van der Waals surface area contributed by atoms with Gasteiger partial charge < -0.3 is 10.0 Å². The van der Waals surface area contributed by atoms with Crippen LogP contribution in [0.4, 0.5) is 0 Å². The van der Waals surface area contributed by atoms with Crippen molar-refractivity contribution in [3.8, 4) is 0 Å². The molecule has 16 heavy (non-hydrogen) atoms. The Kier molecular flexibility index (Phi) is 5.46. The molecule has 0 aromatic heterocycles. The quantitative estimate of drug-likeness (QED) is 0.898. The van der Waals surface area contributed by atoms with Crippen molar-refractivity contribution >= 4 is 15.9 Å². The van der Waals surface area contributed by atoms with Crippen molar-refractivity contribution in [2.75, 3.05) is 13.6 Å². The summed E-state index contributed by atoms with van der Waals surface area (Å²) in [5.41, 5.74) is 0.971. The Morgan fingerprint density at radius 3 is 2.38 bits per heavy atom. The lowest BCUT2D eigenvalue weighted by Gasteiger charge is -2.26. The first-order chi connectivity index (χ1) is 7.54. The molecule has 1 aromatic carbocycles. The van der Waals surface area contributed by atoms with Crippen LogP contribution in [0.3, 0.4) is 0 Å². The first kappa shape index (κ1) is 13.7. The summed E-state index contributed by atoms with van der Waals surface area (Å²) in [5.74, 6) is 0. The molecule has 90 valence electrons. The van der Waals surface area contributed by atoms with Crippen LogP contribution in [0.2, 0.25) is 0 Å². The van der Waals surface area contributed by atoms with Gasteiger partial charge >= 0.3 is 0 Å². The molecule has 0 amide bonds. The Hall–Kier alpha value is -0.380. The topological polar surface area (TPSA) is 23.5 Å². The molecule has 2 atom stereocenters. The van der Waals surface area contributed by atoms with Crippen molar-refractivity contribution < 1.29 is 5.11 Å². The number of aliphatic hydroxyl groups excluding tert-OH is 1. The highest BCUT2D eigenvalue weighted by molar-refractivity contribution is 9.10. The average molecular weight is 286 g/mol. The second-order valence-electron chi connectivity index (χ2n) is 4.26. The zero-order chi connectivity index (χ0) is 12.1. The van der Waals surface area contributed by atoms with Crippen LogP contribution in [0.5, 0.6) is 0 Å². The van der Waals surface area contributed by atoms with Crippen molar-refractivity contribution in [2.24, 2.45) is 0 Å². The van der Waals surface area contributed by atoms with Gasteiger partial charge in [0.05, 0.1) is 6.10 Å². The number of nitrogens with zero attached hydrogens (tertiary/aromatic N) is 1. The van der Waals surface area contributed by atoms with Crippen LogP contribution in [0.15, 0.2) is 28.7 Å². The first-order valence-electron chi connectivity index (χ1n) is 5.68. The van der Waals surface area contributed by atoms with Crippen LogP contribution >= 0.6 is 15.9 Å². The Morgan fingerprint density at radius 1 is 1.31 bits per heavy atom. The largest absolute Gasteiger partial charge is 0.387 e. The fourth-order valence-electron chi connectivity index (χ4n) is 1.55. The SMILES string of the molecule is CCC(C)N(C)CC(O)c1ccc(Br)cc1. The highest BCUT2D eigenvalue weighted by Crippen LogP contribution is 2.18. The summed E-state index contributed by atoms with van der Waals surface area (Å²) >= 11 is 3.39. The molecule has 2 nitrogen and oxygen atoms in total. The number of hydrogen-bond acceptors (Lipinski definition) is 2. The van der Waals surface area contributed by atoms with E-state index in [1.807, 2.05) is 24.3 Å². The number of halogens is 1. The molecule has 1 rings (SSSR count). The molecule has 0 heterocycles. The number of hydrogen-bond donors (Lipinski definition) is 1. The van der Waals surface area contributed by atoms with Gasteiger partial charge in [-0.2, -0.15) is 0 Å². The molecule has 3 heteroatoms. The zero-order valence-electron chi connectivity index (χ0n) is 10.2. The molecule has 0 spiro atoms. The number of rotatable bonds is 5. The Bertz CT molecular complexity index is 312. The third kappa shape index (κ3) is 3.89. The highest BCUT2D eigenvalue weighted by Gasteiger charge is 2.13. The van der Waals surface area contributed by atoms with Crippen molar-refractivity contribution in [3.63, 3.8) is 0 Å². The lowest BCUT2D eigenvalue weighted by Crippen LogP contribution is -2.32. The van der Waals surface area contributed by atoms with Crippen LogP contribution in [-0.4, -0.2) is 29.6 Å². The highest BCUT2D eigenvalue weighted by atomic mass is 79.9. The van der Waals surface area contributed by atoms with Gasteiger partial charge in [-0.15, -0.1) is 0 Å². The van der Waals surface area contributed by atoms with E-state index in [-0.39, 0.29) is 0 Å². The van der Waals surface area contributed by atoms with Gasteiger partial charge in [-0.1, -0.05) is 35.0 Å². The third-order valence-corrected chi connectivity index (χ3v) is 3.59.